The second-order valence-electron chi connectivity index (χ2n) is 1.51. The molecule has 6 heteroatoms. The topological polar surface area (TPSA) is 26.3 Å². The number of allylic oxidation sites excluding steroid dienone is 1. The molecule has 0 unspecified atom stereocenters. The summed E-state index contributed by atoms with van der Waals surface area (Å²) in [4.78, 5) is 10.5. The first-order valence-electron chi connectivity index (χ1n) is 2.40. The summed E-state index contributed by atoms with van der Waals surface area (Å²) in [5, 5.41) is -0.200. The molecule has 0 rings (SSSR count). The maximum Gasteiger partial charge on any atom is 0.331 e. The second kappa shape index (κ2) is 4.41. The van der Waals surface area contributed by atoms with Crippen LogP contribution in [-0.2, 0) is 9.53 Å². The quantitative estimate of drug-likeness (QED) is 0.398. The molecule has 0 aliphatic rings. The van der Waals surface area contributed by atoms with E-state index in [4.69, 9.17) is 46.4 Å². The van der Waals surface area contributed by atoms with Gasteiger partial charge in [-0.2, -0.15) is 0 Å². The summed E-state index contributed by atoms with van der Waals surface area (Å²) in [5.41, 5.74) is 0. The van der Waals surface area contributed by atoms with Gasteiger partial charge < -0.3 is 4.74 Å². The van der Waals surface area contributed by atoms with Crippen LogP contribution in [0.4, 0.5) is 0 Å². The zero-order valence-corrected chi connectivity index (χ0v) is 8.43. The van der Waals surface area contributed by atoms with Gasteiger partial charge in [-0.05, 0) is 0 Å². The number of ether oxygens (including phenoxy) is 1. The van der Waals surface area contributed by atoms with E-state index in [9.17, 15) is 4.79 Å². The summed E-state index contributed by atoms with van der Waals surface area (Å²) >= 11 is 21.3. The molecule has 0 radical (unpaired) electrons. The van der Waals surface area contributed by atoms with Gasteiger partial charge in [-0.1, -0.05) is 46.4 Å². The van der Waals surface area contributed by atoms with E-state index in [1.165, 1.54) is 7.11 Å². The zero-order valence-electron chi connectivity index (χ0n) is 5.41. The summed E-state index contributed by atoms with van der Waals surface area (Å²) in [5.74, 6) is -0.665. The van der Waals surface area contributed by atoms with Gasteiger partial charge in [0.15, 0.2) is 0 Å². The SMILES string of the molecule is COC(=O)/C=C(\Cl)C(Cl)(Cl)Cl. The van der Waals surface area contributed by atoms with Crippen LogP contribution in [0.15, 0.2) is 11.1 Å². The lowest BCUT2D eigenvalue weighted by Gasteiger charge is -2.07. The van der Waals surface area contributed by atoms with Crippen LogP contribution in [0.2, 0.25) is 0 Å². The molecule has 0 aromatic heterocycles. The van der Waals surface area contributed by atoms with Crippen LogP contribution in [0.1, 0.15) is 0 Å². The number of hydrogen-bond acceptors (Lipinski definition) is 2. The summed E-state index contributed by atoms with van der Waals surface area (Å²) < 4.78 is 2.47. The smallest absolute Gasteiger partial charge is 0.331 e. The monoisotopic (exact) mass is 236 g/mol. The van der Waals surface area contributed by atoms with Crippen LogP contribution in [0.3, 0.4) is 0 Å². The highest BCUT2D eigenvalue weighted by atomic mass is 35.6. The van der Waals surface area contributed by atoms with Crippen molar-refractivity contribution in [2.24, 2.45) is 0 Å². The van der Waals surface area contributed by atoms with Gasteiger partial charge in [0.05, 0.1) is 12.1 Å². The Kier molecular flexibility index (Phi) is 4.56. The lowest BCUT2D eigenvalue weighted by atomic mass is 10.5. The maximum atomic E-state index is 10.5. The van der Waals surface area contributed by atoms with Crippen LogP contribution in [-0.4, -0.2) is 16.9 Å². The maximum absolute atomic E-state index is 10.5. The predicted molar refractivity (Wildman–Crippen MR) is 46.2 cm³/mol. The Morgan fingerprint density at radius 1 is 1.45 bits per heavy atom. The van der Waals surface area contributed by atoms with Crippen LogP contribution in [0.5, 0.6) is 0 Å². The summed E-state index contributed by atoms with van der Waals surface area (Å²) in [6, 6.07) is 0. The van der Waals surface area contributed by atoms with Crippen molar-refractivity contribution >= 4 is 52.4 Å². The second-order valence-corrected chi connectivity index (χ2v) is 4.20. The Morgan fingerprint density at radius 3 is 2.18 bits per heavy atom. The van der Waals surface area contributed by atoms with Crippen molar-refractivity contribution in [3.8, 4) is 0 Å². The Morgan fingerprint density at radius 2 is 1.91 bits per heavy atom. The molecule has 2 nitrogen and oxygen atoms in total. The van der Waals surface area contributed by atoms with Gasteiger partial charge >= 0.3 is 5.97 Å². The molecule has 0 saturated heterocycles. The molecule has 0 saturated carbocycles. The van der Waals surface area contributed by atoms with Gasteiger partial charge in [-0.3, -0.25) is 0 Å². The predicted octanol–water partition coefficient (Wildman–Crippen LogP) is 2.65. The van der Waals surface area contributed by atoms with Crippen molar-refractivity contribution in [1.29, 1.82) is 0 Å². The molecule has 0 heterocycles. The van der Waals surface area contributed by atoms with Gasteiger partial charge in [0, 0.05) is 6.08 Å². The first-order valence-corrected chi connectivity index (χ1v) is 3.91. The fraction of sp³-hybridized carbons (Fsp3) is 0.400. The van der Waals surface area contributed by atoms with E-state index < -0.39 is 9.76 Å². The molecule has 0 N–H and O–H groups in total. The van der Waals surface area contributed by atoms with Crippen LogP contribution in [0, 0.1) is 0 Å². The number of carbonyl (C=O) groups excluding carboxylic acids is 1. The fourth-order valence-electron chi connectivity index (χ4n) is 0.244. The number of hydrogen-bond donors (Lipinski definition) is 0. The highest BCUT2D eigenvalue weighted by molar-refractivity contribution is 6.73. The van der Waals surface area contributed by atoms with Crippen LogP contribution >= 0.6 is 46.4 Å². The van der Waals surface area contributed by atoms with Crippen molar-refractivity contribution < 1.29 is 9.53 Å². The van der Waals surface area contributed by atoms with Crippen LogP contribution in [0.25, 0.3) is 0 Å². The van der Waals surface area contributed by atoms with E-state index in [-0.39, 0.29) is 5.03 Å². The molecule has 0 atom stereocenters. The molecule has 11 heavy (non-hydrogen) atoms. The van der Waals surface area contributed by atoms with Crippen molar-refractivity contribution in [1.82, 2.24) is 0 Å². The first kappa shape index (κ1) is 11.4. The van der Waals surface area contributed by atoms with Crippen LogP contribution < -0.4 is 0 Å². The molecule has 0 fully saturated rings. The third kappa shape index (κ3) is 4.75. The van der Waals surface area contributed by atoms with Gasteiger partial charge in [-0.15, -0.1) is 0 Å². The minimum Gasteiger partial charge on any atom is -0.466 e. The number of carbonyl (C=O) groups is 1. The van der Waals surface area contributed by atoms with E-state index in [0.29, 0.717) is 0 Å². The van der Waals surface area contributed by atoms with Crippen molar-refractivity contribution in [3.63, 3.8) is 0 Å². The lowest BCUT2D eigenvalue weighted by Crippen LogP contribution is -2.05. The standard InChI is InChI=1S/C5H4Cl4O2/c1-11-4(10)2-3(6)5(7,8)9/h2H,1H3/b3-2-. The molecule has 0 aromatic rings. The van der Waals surface area contributed by atoms with Crippen molar-refractivity contribution in [2.75, 3.05) is 7.11 Å². The van der Waals surface area contributed by atoms with Gasteiger partial charge in [0.2, 0.25) is 3.79 Å². The van der Waals surface area contributed by atoms with E-state index in [2.05, 4.69) is 4.74 Å². The highest BCUT2D eigenvalue weighted by Crippen LogP contribution is 2.36. The average Bonchev–Trinajstić information content (AvgIpc) is 1.85. The molecule has 64 valence electrons. The molecular formula is C5H4Cl4O2. The zero-order chi connectivity index (χ0) is 9.07. The summed E-state index contributed by atoms with van der Waals surface area (Å²) in [6.45, 7) is 0. The number of alkyl halides is 3. The number of rotatable bonds is 1. The molecule has 0 aromatic carbocycles. The molecule has 0 amide bonds. The summed E-state index contributed by atoms with van der Waals surface area (Å²) in [6.07, 6.45) is 0.897. The third-order valence-corrected chi connectivity index (χ3v) is 2.01. The molecule has 0 aliphatic carbocycles. The molecule has 0 aliphatic heterocycles. The average molecular weight is 238 g/mol. The van der Waals surface area contributed by atoms with Crippen molar-refractivity contribution in [2.45, 2.75) is 3.79 Å². The Balaban J connectivity index is 4.35. The first-order chi connectivity index (χ1) is 4.88. The van der Waals surface area contributed by atoms with E-state index >= 15 is 0 Å². The van der Waals surface area contributed by atoms with Gasteiger partial charge in [0.25, 0.3) is 0 Å². The largest absolute Gasteiger partial charge is 0.466 e. The van der Waals surface area contributed by atoms with E-state index in [0.717, 1.165) is 6.08 Å². The molecule has 0 bridgehead atoms. The number of methoxy groups -OCH3 is 1. The normalized spacial score (nSPS) is 13.0. The lowest BCUT2D eigenvalue weighted by molar-refractivity contribution is -0.134. The Hall–Kier alpha value is 0.370. The third-order valence-electron chi connectivity index (χ3n) is 0.717. The minimum absolute atomic E-state index is 0.200. The summed E-state index contributed by atoms with van der Waals surface area (Å²) in [7, 11) is 1.20. The van der Waals surface area contributed by atoms with Gasteiger partial charge in [-0.25, -0.2) is 4.79 Å². The molecular weight excluding hydrogens is 234 g/mol. The highest BCUT2D eigenvalue weighted by Gasteiger charge is 2.25. The minimum atomic E-state index is -1.77. The Labute approximate surface area is 84.0 Å². The Bertz CT molecular complexity index is 181. The number of esters is 1. The van der Waals surface area contributed by atoms with Crippen molar-refractivity contribution in [3.05, 3.63) is 11.1 Å². The van der Waals surface area contributed by atoms with E-state index in [1.54, 1.807) is 0 Å². The number of halogens is 4. The van der Waals surface area contributed by atoms with Gasteiger partial charge in [0.1, 0.15) is 0 Å². The van der Waals surface area contributed by atoms with E-state index in [1.807, 2.05) is 0 Å². The molecule has 0 spiro atoms. The fourth-order valence-corrected chi connectivity index (χ4v) is 0.497.